The van der Waals surface area contributed by atoms with Crippen LogP contribution >= 0.6 is 23.2 Å². The molecule has 0 atom stereocenters. The topological polar surface area (TPSA) is 57.7 Å². The summed E-state index contributed by atoms with van der Waals surface area (Å²) in [5, 5.41) is 0.263. The lowest BCUT2D eigenvalue weighted by atomic mass is 9.86. The van der Waals surface area contributed by atoms with Gasteiger partial charge in [-0.05, 0) is 30.9 Å². The van der Waals surface area contributed by atoms with Crippen molar-refractivity contribution in [2.45, 2.75) is 43.4 Å². The zero-order chi connectivity index (χ0) is 18.7. The fourth-order valence-electron chi connectivity index (χ4n) is 3.77. The van der Waals surface area contributed by atoms with Crippen LogP contribution in [0.2, 0.25) is 10.0 Å². The largest absolute Gasteiger partial charge is 0.340 e. The maximum Gasteiger partial charge on any atom is 0.244 e. The van der Waals surface area contributed by atoms with Gasteiger partial charge < -0.3 is 4.90 Å². The van der Waals surface area contributed by atoms with E-state index in [-0.39, 0.29) is 33.9 Å². The minimum absolute atomic E-state index is 0.0219. The number of benzene rings is 1. The van der Waals surface area contributed by atoms with Crippen LogP contribution in [0.15, 0.2) is 23.1 Å². The van der Waals surface area contributed by atoms with Gasteiger partial charge in [-0.3, -0.25) is 4.79 Å². The molecule has 0 aromatic heterocycles. The standard InChI is InChI=1S/C18H24Cl2N2O3S/c19-15-7-4-8-16(18(15)20)26(24,25)22-11-9-21(10-12-22)17(23)13-14-5-2-1-3-6-14/h4,7-8,14H,1-3,5-6,9-13H2. The highest BCUT2D eigenvalue weighted by atomic mass is 35.5. The van der Waals surface area contributed by atoms with Crippen molar-refractivity contribution in [2.75, 3.05) is 26.2 Å². The van der Waals surface area contributed by atoms with E-state index in [0.29, 0.717) is 25.4 Å². The van der Waals surface area contributed by atoms with Crippen molar-refractivity contribution in [3.05, 3.63) is 28.2 Å². The third kappa shape index (κ3) is 4.35. The molecule has 3 rings (SSSR count). The van der Waals surface area contributed by atoms with Crippen molar-refractivity contribution in [2.24, 2.45) is 5.92 Å². The van der Waals surface area contributed by atoms with Gasteiger partial charge in [0.25, 0.3) is 0 Å². The summed E-state index contributed by atoms with van der Waals surface area (Å²) in [4.78, 5) is 14.3. The molecule has 1 saturated heterocycles. The molecular weight excluding hydrogens is 395 g/mol. The van der Waals surface area contributed by atoms with Crippen LogP contribution in [0.1, 0.15) is 38.5 Å². The molecule has 1 saturated carbocycles. The van der Waals surface area contributed by atoms with Crippen LogP contribution in [0.25, 0.3) is 0 Å². The first kappa shape index (κ1) is 19.9. The van der Waals surface area contributed by atoms with E-state index in [0.717, 1.165) is 12.8 Å². The van der Waals surface area contributed by atoms with Crippen molar-refractivity contribution >= 4 is 39.1 Å². The van der Waals surface area contributed by atoms with Crippen LogP contribution in [-0.2, 0) is 14.8 Å². The average molecular weight is 419 g/mol. The van der Waals surface area contributed by atoms with Crippen LogP contribution in [0.4, 0.5) is 0 Å². The summed E-state index contributed by atoms with van der Waals surface area (Å²) in [5.41, 5.74) is 0. The third-order valence-electron chi connectivity index (χ3n) is 5.31. The number of nitrogens with zero attached hydrogens (tertiary/aromatic N) is 2. The summed E-state index contributed by atoms with van der Waals surface area (Å²) in [6, 6.07) is 4.60. The quantitative estimate of drug-likeness (QED) is 0.746. The second-order valence-electron chi connectivity index (χ2n) is 7.04. The highest BCUT2D eigenvalue weighted by Gasteiger charge is 2.32. The van der Waals surface area contributed by atoms with Gasteiger partial charge in [0.2, 0.25) is 15.9 Å². The summed E-state index contributed by atoms with van der Waals surface area (Å²) >= 11 is 12.0. The molecule has 1 aliphatic carbocycles. The first-order valence-electron chi connectivity index (χ1n) is 9.11. The molecule has 144 valence electrons. The van der Waals surface area contributed by atoms with Crippen molar-refractivity contribution in [1.29, 1.82) is 0 Å². The molecule has 0 radical (unpaired) electrons. The smallest absolute Gasteiger partial charge is 0.244 e. The minimum Gasteiger partial charge on any atom is -0.340 e. The Morgan fingerprint density at radius 2 is 1.69 bits per heavy atom. The summed E-state index contributed by atoms with van der Waals surface area (Å²) in [6.07, 6.45) is 6.55. The molecule has 8 heteroatoms. The van der Waals surface area contributed by atoms with E-state index >= 15 is 0 Å². The Bertz CT molecular complexity index is 756. The van der Waals surface area contributed by atoms with Crippen molar-refractivity contribution < 1.29 is 13.2 Å². The van der Waals surface area contributed by atoms with Gasteiger partial charge in [0.1, 0.15) is 4.90 Å². The number of halogens is 2. The monoisotopic (exact) mass is 418 g/mol. The molecule has 2 fully saturated rings. The van der Waals surface area contributed by atoms with Gasteiger partial charge >= 0.3 is 0 Å². The highest BCUT2D eigenvalue weighted by molar-refractivity contribution is 7.89. The summed E-state index contributed by atoms with van der Waals surface area (Å²) in [5.74, 6) is 0.637. The number of piperazine rings is 1. The summed E-state index contributed by atoms with van der Waals surface area (Å²) in [6.45, 7) is 1.40. The molecule has 1 heterocycles. The molecule has 2 aliphatic rings. The van der Waals surface area contributed by atoms with Crippen LogP contribution in [0.5, 0.6) is 0 Å². The predicted octanol–water partition coefficient (Wildman–Crippen LogP) is 3.80. The minimum atomic E-state index is -3.71. The van der Waals surface area contributed by atoms with Gasteiger partial charge in [-0.2, -0.15) is 4.31 Å². The molecule has 0 N–H and O–H groups in total. The van der Waals surface area contributed by atoms with E-state index in [1.165, 1.54) is 29.6 Å². The third-order valence-corrected chi connectivity index (χ3v) is 8.19. The lowest BCUT2D eigenvalue weighted by molar-refractivity contribution is -0.133. The van der Waals surface area contributed by atoms with Crippen molar-refractivity contribution in [1.82, 2.24) is 9.21 Å². The summed E-state index contributed by atoms with van der Waals surface area (Å²) < 4.78 is 27.1. The number of hydrogen-bond acceptors (Lipinski definition) is 3. The van der Waals surface area contributed by atoms with E-state index < -0.39 is 10.0 Å². The number of amides is 1. The van der Waals surface area contributed by atoms with E-state index in [2.05, 4.69) is 0 Å². The number of carbonyl (C=O) groups is 1. The SMILES string of the molecule is O=C(CC1CCCCC1)N1CCN(S(=O)(=O)c2cccc(Cl)c2Cl)CC1. The first-order chi connectivity index (χ1) is 12.4. The molecule has 1 amide bonds. The average Bonchev–Trinajstić information content (AvgIpc) is 2.64. The fraction of sp³-hybridized carbons (Fsp3) is 0.611. The van der Waals surface area contributed by atoms with Gasteiger partial charge in [0, 0.05) is 32.6 Å². The Kier molecular flexibility index (Phi) is 6.49. The van der Waals surface area contributed by atoms with Crippen molar-refractivity contribution in [3.8, 4) is 0 Å². The lowest BCUT2D eigenvalue weighted by Crippen LogP contribution is -2.50. The zero-order valence-corrected chi connectivity index (χ0v) is 17.0. The molecule has 1 aliphatic heterocycles. The number of sulfonamides is 1. The van der Waals surface area contributed by atoms with Gasteiger partial charge in [0.15, 0.2) is 0 Å². The molecule has 26 heavy (non-hydrogen) atoms. The maximum atomic E-state index is 12.8. The first-order valence-corrected chi connectivity index (χ1v) is 11.3. The van der Waals surface area contributed by atoms with Gasteiger partial charge in [-0.1, -0.05) is 48.5 Å². The molecule has 1 aromatic rings. The number of carbonyl (C=O) groups excluding carboxylic acids is 1. The Morgan fingerprint density at radius 1 is 1.04 bits per heavy atom. The van der Waals surface area contributed by atoms with Crippen LogP contribution < -0.4 is 0 Å². The Labute approximate surface area is 165 Å². The van der Waals surface area contributed by atoms with Gasteiger partial charge in [0.05, 0.1) is 10.0 Å². The predicted molar refractivity (Wildman–Crippen MR) is 103 cm³/mol. The van der Waals surface area contributed by atoms with Gasteiger partial charge in [-0.25, -0.2) is 8.42 Å². The normalized spacial score (nSPS) is 20.3. The Morgan fingerprint density at radius 3 is 2.35 bits per heavy atom. The van der Waals surface area contributed by atoms with Crippen LogP contribution in [0.3, 0.4) is 0 Å². The van der Waals surface area contributed by atoms with E-state index in [9.17, 15) is 13.2 Å². The summed E-state index contributed by atoms with van der Waals surface area (Å²) in [7, 11) is -3.71. The second kappa shape index (κ2) is 8.46. The molecule has 0 spiro atoms. The second-order valence-corrected chi connectivity index (χ2v) is 9.74. The lowest BCUT2D eigenvalue weighted by Gasteiger charge is -2.35. The Balaban J connectivity index is 1.60. The van der Waals surface area contributed by atoms with E-state index in [1.54, 1.807) is 17.0 Å². The maximum absolute atomic E-state index is 12.8. The van der Waals surface area contributed by atoms with E-state index in [4.69, 9.17) is 23.2 Å². The molecule has 0 bridgehead atoms. The van der Waals surface area contributed by atoms with Crippen LogP contribution in [0, 0.1) is 5.92 Å². The molecule has 1 aromatic carbocycles. The van der Waals surface area contributed by atoms with Crippen LogP contribution in [-0.4, -0.2) is 49.7 Å². The van der Waals surface area contributed by atoms with Crippen molar-refractivity contribution in [3.63, 3.8) is 0 Å². The Hall–Kier alpha value is -0.820. The fourth-order valence-corrected chi connectivity index (χ4v) is 5.93. The zero-order valence-electron chi connectivity index (χ0n) is 14.7. The molecule has 0 unspecified atom stereocenters. The molecule has 5 nitrogen and oxygen atoms in total. The number of rotatable bonds is 4. The highest BCUT2D eigenvalue weighted by Crippen LogP contribution is 2.31. The van der Waals surface area contributed by atoms with E-state index in [1.807, 2.05) is 0 Å². The molecular formula is C18H24Cl2N2O3S. The number of hydrogen-bond donors (Lipinski definition) is 0. The van der Waals surface area contributed by atoms with Gasteiger partial charge in [-0.15, -0.1) is 0 Å².